The van der Waals surface area contributed by atoms with Crippen LogP contribution in [0.15, 0.2) is 30.3 Å². The van der Waals surface area contributed by atoms with Gasteiger partial charge in [0.05, 0.1) is 5.69 Å². The molecule has 0 amide bonds. The standard InChI is InChI=1S/C12H6ClF2NO2/c13-6-1-2-7(9(15)5-6)10-4-3-8(14)11(16-10)12(17)18/h1-5H,(H,17,18). The third-order valence-corrected chi connectivity index (χ3v) is 2.49. The van der Waals surface area contributed by atoms with Crippen LogP contribution in [0.4, 0.5) is 8.78 Å². The fourth-order valence-corrected chi connectivity index (χ4v) is 1.60. The van der Waals surface area contributed by atoms with E-state index >= 15 is 0 Å². The first-order chi connectivity index (χ1) is 8.49. The zero-order chi connectivity index (χ0) is 13.3. The molecule has 1 N–H and O–H groups in total. The molecule has 3 nitrogen and oxygen atoms in total. The summed E-state index contributed by atoms with van der Waals surface area (Å²) in [6, 6.07) is 5.99. The van der Waals surface area contributed by atoms with Crippen LogP contribution >= 0.6 is 11.6 Å². The Kier molecular flexibility index (Phi) is 3.25. The summed E-state index contributed by atoms with van der Waals surface area (Å²) >= 11 is 5.60. The number of halogens is 3. The maximum Gasteiger partial charge on any atom is 0.357 e. The number of carboxylic acid groups (broad SMARTS) is 1. The minimum Gasteiger partial charge on any atom is -0.476 e. The predicted molar refractivity (Wildman–Crippen MR) is 61.6 cm³/mol. The number of carboxylic acids is 1. The van der Waals surface area contributed by atoms with Crippen molar-refractivity contribution in [2.45, 2.75) is 0 Å². The number of hydrogen-bond acceptors (Lipinski definition) is 2. The molecule has 6 heteroatoms. The molecule has 0 unspecified atom stereocenters. The molecule has 1 aromatic heterocycles. The number of pyridine rings is 1. The van der Waals surface area contributed by atoms with Crippen LogP contribution in [0.2, 0.25) is 5.02 Å². The van der Waals surface area contributed by atoms with Crippen LogP contribution in [-0.2, 0) is 0 Å². The fourth-order valence-electron chi connectivity index (χ4n) is 1.44. The van der Waals surface area contributed by atoms with Gasteiger partial charge in [0.2, 0.25) is 0 Å². The number of rotatable bonds is 2. The van der Waals surface area contributed by atoms with Crippen molar-refractivity contribution in [2.75, 3.05) is 0 Å². The largest absolute Gasteiger partial charge is 0.476 e. The fraction of sp³-hybridized carbons (Fsp3) is 0. The summed E-state index contributed by atoms with van der Waals surface area (Å²) in [6.07, 6.45) is 0. The van der Waals surface area contributed by atoms with Gasteiger partial charge in [0, 0.05) is 10.6 Å². The predicted octanol–water partition coefficient (Wildman–Crippen LogP) is 3.38. The summed E-state index contributed by atoms with van der Waals surface area (Å²) in [7, 11) is 0. The second kappa shape index (κ2) is 4.70. The van der Waals surface area contributed by atoms with Gasteiger partial charge in [0.1, 0.15) is 5.82 Å². The highest BCUT2D eigenvalue weighted by Crippen LogP contribution is 2.24. The molecule has 2 aromatic rings. The van der Waals surface area contributed by atoms with Crippen molar-refractivity contribution in [1.82, 2.24) is 4.98 Å². The van der Waals surface area contributed by atoms with Gasteiger partial charge < -0.3 is 5.11 Å². The molecule has 0 bridgehead atoms. The lowest BCUT2D eigenvalue weighted by Crippen LogP contribution is -2.05. The topological polar surface area (TPSA) is 50.2 Å². The lowest BCUT2D eigenvalue weighted by Gasteiger charge is -2.04. The van der Waals surface area contributed by atoms with Gasteiger partial charge >= 0.3 is 5.97 Å². The summed E-state index contributed by atoms with van der Waals surface area (Å²) in [5.41, 5.74) is -0.660. The lowest BCUT2D eigenvalue weighted by molar-refractivity contribution is 0.0685. The minimum atomic E-state index is -1.51. The highest BCUT2D eigenvalue weighted by molar-refractivity contribution is 6.30. The Morgan fingerprint density at radius 3 is 2.50 bits per heavy atom. The Balaban J connectivity index is 2.58. The van der Waals surface area contributed by atoms with Gasteiger partial charge in [-0.3, -0.25) is 0 Å². The van der Waals surface area contributed by atoms with Crippen LogP contribution in [0.1, 0.15) is 10.5 Å². The molecule has 0 atom stereocenters. The summed E-state index contributed by atoms with van der Waals surface area (Å²) in [5, 5.41) is 8.94. The molecule has 0 spiro atoms. The van der Waals surface area contributed by atoms with Crippen LogP contribution < -0.4 is 0 Å². The third kappa shape index (κ3) is 2.31. The number of aromatic carboxylic acids is 1. The van der Waals surface area contributed by atoms with E-state index in [1.54, 1.807) is 0 Å². The molecule has 0 aliphatic carbocycles. The summed E-state index contributed by atoms with van der Waals surface area (Å²) in [4.78, 5) is 14.3. The summed E-state index contributed by atoms with van der Waals surface area (Å²) < 4.78 is 26.7. The Hall–Kier alpha value is -2.01. The van der Waals surface area contributed by atoms with Gasteiger partial charge in [-0.05, 0) is 30.3 Å². The van der Waals surface area contributed by atoms with Crippen molar-refractivity contribution < 1.29 is 18.7 Å². The highest BCUT2D eigenvalue weighted by Gasteiger charge is 2.15. The summed E-state index contributed by atoms with van der Waals surface area (Å²) in [5.74, 6) is -3.14. The van der Waals surface area contributed by atoms with Crippen molar-refractivity contribution in [3.05, 3.63) is 52.7 Å². The molecule has 2 rings (SSSR count). The average Bonchev–Trinajstić information content (AvgIpc) is 2.30. The highest BCUT2D eigenvalue weighted by atomic mass is 35.5. The van der Waals surface area contributed by atoms with Crippen molar-refractivity contribution in [1.29, 1.82) is 0 Å². The maximum atomic E-state index is 13.6. The average molecular weight is 270 g/mol. The van der Waals surface area contributed by atoms with Crippen LogP contribution in [0.5, 0.6) is 0 Å². The molecule has 0 saturated heterocycles. The Bertz CT molecular complexity index is 631. The van der Waals surface area contributed by atoms with Crippen molar-refractivity contribution in [3.63, 3.8) is 0 Å². The first-order valence-corrected chi connectivity index (χ1v) is 5.22. The monoisotopic (exact) mass is 269 g/mol. The van der Waals surface area contributed by atoms with E-state index < -0.39 is 23.3 Å². The van der Waals surface area contributed by atoms with Gasteiger partial charge in [-0.2, -0.15) is 0 Å². The first kappa shape index (κ1) is 12.4. The van der Waals surface area contributed by atoms with Crippen molar-refractivity contribution in [3.8, 4) is 11.3 Å². The molecule has 18 heavy (non-hydrogen) atoms. The van der Waals surface area contributed by atoms with E-state index in [1.807, 2.05) is 0 Å². The Morgan fingerprint density at radius 2 is 1.89 bits per heavy atom. The zero-order valence-electron chi connectivity index (χ0n) is 8.82. The SMILES string of the molecule is O=C(O)c1nc(-c2ccc(Cl)cc2F)ccc1F. The summed E-state index contributed by atoms with van der Waals surface area (Å²) in [6.45, 7) is 0. The van der Waals surface area contributed by atoms with Crippen molar-refractivity contribution >= 4 is 17.6 Å². The number of nitrogens with zero attached hydrogens (tertiary/aromatic N) is 1. The zero-order valence-corrected chi connectivity index (χ0v) is 9.58. The molecule has 1 heterocycles. The lowest BCUT2D eigenvalue weighted by atomic mass is 10.1. The molecule has 0 aliphatic rings. The second-order valence-electron chi connectivity index (χ2n) is 3.46. The second-order valence-corrected chi connectivity index (χ2v) is 3.89. The Labute approximate surface area is 106 Å². The van der Waals surface area contributed by atoms with E-state index in [0.29, 0.717) is 0 Å². The number of hydrogen-bond donors (Lipinski definition) is 1. The first-order valence-electron chi connectivity index (χ1n) is 4.84. The van der Waals surface area contributed by atoms with Crippen LogP contribution in [0.3, 0.4) is 0 Å². The minimum absolute atomic E-state index is 0.0305. The maximum absolute atomic E-state index is 13.6. The van der Waals surface area contributed by atoms with Crippen LogP contribution in [-0.4, -0.2) is 16.1 Å². The van der Waals surface area contributed by atoms with E-state index in [-0.39, 0.29) is 16.3 Å². The van der Waals surface area contributed by atoms with Gasteiger partial charge in [0.15, 0.2) is 11.5 Å². The molecular formula is C12H6ClF2NO2. The molecule has 1 aromatic carbocycles. The quantitative estimate of drug-likeness (QED) is 0.909. The smallest absolute Gasteiger partial charge is 0.357 e. The van der Waals surface area contributed by atoms with Gasteiger partial charge in [-0.15, -0.1) is 0 Å². The normalized spacial score (nSPS) is 10.4. The number of aromatic nitrogens is 1. The molecule has 92 valence electrons. The van der Waals surface area contributed by atoms with Gasteiger partial charge in [-0.1, -0.05) is 11.6 Å². The van der Waals surface area contributed by atoms with E-state index in [0.717, 1.165) is 12.1 Å². The Morgan fingerprint density at radius 1 is 1.17 bits per heavy atom. The third-order valence-electron chi connectivity index (χ3n) is 2.26. The van der Waals surface area contributed by atoms with E-state index in [1.165, 1.54) is 18.2 Å². The van der Waals surface area contributed by atoms with Gasteiger partial charge in [-0.25, -0.2) is 18.6 Å². The van der Waals surface area contributed by atoms with E-state index in [9.17, 15) is 13.6 Å². The van der Waals surface area contributed by atoms with Crippen LogP contribution in [0, 0.1) is 11.6 Å². The number of benzene rings is 1. The number of carbonyl (C=O) groups is 1. The van der Waals surface area contributed by atoms with Crippen molar-refractivity contribution in [2.24, 2.45) is 0 Å². The van der Waals surface area contributed by atoms with Crippen LogP contribution in [0.25, 0.3) is 11.3 Å². The molecular weight excluding hydrogens is 264 g/mol. The van der Waals surface area contributed by atoms with E-state index in [2.05, 4.69) is 4.98 Å². The molecule has 0 fully saturated rings. The van der Waals surface area contributed by atoms with E-state index in [4.69, 9.17) is 16.7 Å². The molecule has 0 aliphatic heterocycles. The molecule has 0 radical (unpaired) electrons. The van der Waals surface area contributed by atoms with Gasteiger partial charge in [0.25, 0.3) is 0 Å². The molecule has 0 saturated carbocycles.